The minimum Gasteiger partial charge on any atom is -0.334 e. The molecule has 1 heterocycles. The number of carbonyl (C=O) groups excluding carboxylic acids is 2. The number of nitrogens with zero attached hydrogens (tertiary/aromatic N) is 1. The van der Waals surface area contributed by atoms with Crippen molar-refractivity contribution in [3.05, 3.63) is 59.2 Å². The summed E-state index contributed by atoms with van der Waals surface area (Å²) < 4.78 is 22.9. The third-order valence-corrected chi connectivity index (χ3v) is 4.88. The number of fused-ring (bicyclic) bond motifs is 1. The molecule has 0 bridgehead atoms. The van der Waals surface area contributed by atoms with Crippen LogP contribution in [0.15, 0.2) is 47.4 Å². The normalized spacial score (nSPS) is 14.0. The molecule has 130 valence electrons. The van der Waals surface area contributed by atoms with Crippen LogP contribution >= 0.6 is 0 Å². The summed E-state index contributed by atoms with van der Waals surface area (Å²) >= 11 is 0. The smallest absolute Gasteiger partial charge is 0.254 e. The van der Waals surface area contributed by atoms with Crippen LogP contribution in [0, 0.1) is 6.92 Å². The summed E-state index contributed by atoms with van der Waals surface area (Å²) in [5.41, 5.74) is 2.45. The van der Waals surface area contributed by atoms with Crippen molar-refractivity contribution in [1.29, 1.82) is 0 Å². The zero-order valence-electron chi connectivity index (χ0n) is 13.5. The number of sulfonamides is 1. The predicted octanol–water partition coefficient (Wildman–Crippen LogP) is 0.919. The van der Waals surface area contributed by atoms with Gasteiger partial charge in [-0.15, -0.1) is 0 Å². The quantitative estimate of drug-likeness (QED) is 0.849. The maximum absolute atomic E-state index is 12.7. The monoisotopic (exact) mass is 359 g/mol. The van der Waals surface area contributed by atoms with E-state index >= 15 is 0 Å². The Labute approximate surface area is 145 Å². The summed E-state index contributed by atoms with van der Waals surface area (Å²) in [6, 6.07) is 11.2. The van der Waals surface area contributed by atoms with E-state index in [0.29, 0.717) is 16.8 Å². The number of hydrogen-bond donors (Lipinski definition) is 2. The number of anilines is 1. The van der Waals surface area contributed by atoms with Crippen LogP contribution < -0.4 is 15.4 Å². The van der Waals surface area contributed by atoms with Gasteiger partial charge in [-0.05, 0) is 42.3 Å². The minimum atomic E-state index is -3.83. The van der Waals surface area contributed by atoms with E-state index in [1.165, 1.54) is 17.0 Å². The fourth-order valence-corrected chi connectivity index (χ4v) is 3.30. The number of rotatable bonds is 3. The molecule has 25 heavy (non-hydrogen) atoms. The van der Waals surface area contributed by atoms with Crippen molar-refractivity contribution in [2.75, 3.05) is 11.6 Å². The second kappa shape index (κ2) is 6.30. The number of nitrogens with two attached hydrogens (primary N) is 1. The van der Waals surface area contributed by atoms with E-state index in [2.05, 4.69) is 5.32 Å². The SMILES string of the molecule is Cc1ccc2c(c1)N(C(=O)Cc1cccc(S(N)(=O)=O)c1)CNC2=O. The molecule has 0 saturated heterocycles. The Morgan fingerprint density at radius 2 is 2.00 bits per heavy atom. The van der Waals surface area contributed by atoms with Crippen molar-refractivity contribution in [2.24, 2.45) is 5.14 Å². The average molecular weight is 359 g/mol. The maximum atomic E-state index is 12.7. The first-order valence-corrected chi connectivity index (χ1v) is 9.11. The number of carbonyl (C=O) groups is 2. The largest absolute Gasteiger partial charge is 0.334 e. The molecule has 3 N–H and O–H groups in total. The molecule has 2 aromatic carbocycles. The first-order chi connectivity index (χ1) is 11.8. The van der Waals surface area contributed by atoms with Crippen LogP contribution in [-0.4, -0.2) is 26.9 Å². The number of amides is 2. The van der Waals surface area contributed by atoms with E-state index in [0.717, 1.165) is 5.56 Å². The molecule has 8 heteroatoms. The first kappa shape index (κ1) is 17.1. The third-order valence-electron chi connectivity index (χ3n) is 3.97. The van der Waals surface area contributed by atoms with E-state index in [1.54, 1.807) is 24.3 Å². The van der Waals surface area contributed by atoms with Crippen molar-refractivity contribution in [3.63, 3.8) is 0 Å². The molecule has 1 aliphatic heterocycles. The molecule has 0 radical (unpaired) electrons. The molecule has 1 aliphatic rings. The van der Waals surface area contributed by atoms with Gasteiger partial charge in [0.1, 0.15) is 0 Å². The van der Waals surface area contributed by atoms with E-state index in [4.69, 9.17) is 5.14 Å². The fraction of sp³-hybridized carbons (Fsp3) is 0.176. The van der Waals surface area contributed by atoms with Gasteiger partial charge in [0.05, 0.1) is 29.2 Å². The number of benzene rings is 2. The minimum absolute atomic E-state index is 0.00733. The fourth-order valence-electron chi connectivity index (χ4n) is 2.71. The number of aryl methyl sites for hydroxylation is 1. The first-order valence-electron chi connectivity index (χ1n) is 7.56. The molecule has 0 spiro atoms. The molecule has 0 atom stereocenters. The van der Waals surface area contributed by atoms with Gasteiger partial charge in [-0.3, -0.25) is 14.5 Å². The van der Waals surface area contributed by atoms with Crippen LogP contribution in [0.2, 0.25) is 0 Å². The van der Waals surface area contributed by atoms with Gasteiger partial charge in [-0.25, -0.2) is 13.6 Å². The highest BCUT2D eigenvalue weighted by Crippen LogP contribution is 2.25. The van der Waals surface area contributed by atoms with Crippen LogP contribution in [0.4, 0.5) is 5.69 Å². The van der Waals surface area contributed by atoms with E-state index < -0.39 is 10.0 Å². The summed E-state index contributed by atoms with van der Waals surface area (Å²) in [6.45, 7) is 1.95. The standard InChI is InChI=1S/C17H17N3O4S/c1-11-5-6-14-15(7-11)20(10-19-17(14)22)16(21)9-12-3-2-4-13(8-12)25(18,23)24/h2-8H,9-10H2,1H3,(H,19,22)(H2,18,23,24). The summed E-state index contributed by atoms with van der Waals surface area (Å²) in [6.07, 6.45) is -0.00733. The second-order valence-corrected chi connectivity index (χ2v) is 7.44. The number of hydrogen-bond acceptors (Lipinski definition) is 4. The summed E-state index contributed by atoms with van der Waals surface area (Å²) in [5.74, 6) is -0.478. The Hall–Kier alpha value is -2.71. The van der Waals surface area contributed by atoms with Gasteiger partial charge in [0.2, 0.25) is 15.9 Å². The molecule has 2 amide bonds. The van der Waals surface area contributed by atoms with Gasteiger partial charge >= 0.3 is 0 Å². The van der Waals surface area contributed by atoms with Gasteiger partial charge < -0.3 is 5.32 Å². The highest BCUT2D eigenvalue weighted by atomic mass is 32.2. The van der Waals surface area contributed by atoms with Gasteiger partial charge in [-0.2, -0.15) is 0 Å². The summed E-state index contributed by atoms with van der Waals surface area (Å²) in [7, 11) is -3.83. The molecule has 0 unspecified atom stereocenters. The zero-order chi connectivity index (χ0) is 18.2. The molecule has 0 fully saturated rings. The maximum Gasteiger partial charge on any atom is 0.254 e. The highest BCUT2D eigenvalue weighted by molar-refractivity contribution is 7.89. The molecule has 0 aliphatic carbocycles. The lowest BCUT2D eigenvalue weighted by atomic mass is 10.0. The van der Waals surface area contributed by atoms with Crippen LogP contribution in [0.5, 0.6) is 0 Å². The molecule has 0 saturated carbocycles. The van der Waals surface area contributed by atoms with Crippen molar-refractivity contribution >= 4 is 27.5 Å². The third kappa shape index (κ3) is 3.54. The zero-order valence-corrected chi connectivity index (χ0v) is 14.3. The van der Waals surface area contributed by atoms with Gasteiger partial charge in [0.15, 0.2) is 0 Å². The van der Waals surface area contributed by atoms with E-state index in [9.17, 15) is 18.0 Å². The topological polar surface area (TPSA) is 110 Å². The highest BCUT2D eigenvalue weighted by Gasteiger charge is 2.27. The summed E-state index contributed by atoms with van der Waals surface area (Å²) in [4.78, 5) is 26.1. The molecule has 7 nitrogen and oxygen atoms in total. The van der Waals surface area contributed by atoms with Crippen molar-refractivity contribution < 1.29 is 18.0 Å². The lowest BCUT2D eigenvalue weighted by Crippen LogP contribution is -2.47. The molecular formula is C17H17N3O4S. The van der Waals surface area contributed by atoms with E-state index in [-0.39, 0.29) is 29.8 Å². The van der Waals surface area contributed by atoms with Crippen LogP contribution in [-0.2, 0) is 21.2 Å². The van der Waals surface area contributed by atoms with Crippen LogP contribution in [0.1, 0.15) is 21.5 Å². The second-order valence-electron chi connectivity index (χ2n) is 5.88. The Kier molecular flexibility index (Phi) is 4.32. The predicted molar refractivity (Wildman–Crippen MR) is 92.5 cm³/mol. The Bertz CT molecular complexity index is 970. The van der Waals surface area contributed by atoms with Crippen molar-refractivity contribution in [3.8, 4) is 0 Å². The average Bonchev–Trinajstić information content (AvgIpc) is 2.54. The summed E-state index contributed by atoms with van der Waals surface area (Å²) in [5, 5.41) is 7.78. The van der Waals surface area contributed by atoms with Crippen LogP contribution in [0.3, 0.4) is 0 Å². The lowest BCUT2D eigenvalue weighted by Gasteiger charge is -2.30. The molecule has 3 rings (SSSR count). The number of nitrogens with one attached hydrogen (secondary N) is 1. The Morgan fingerprint density at radius 1 is 1.24 bits per heavy atom. The van der Waals surface area contributed by atoms with Crippen LogP contribution in [0.25, 0.3) is 0 Å². The number of primary sulfonamides is 1. The van der Waals surface area contributed by atoms with Gasteiger partial charge in [-0.1, -0.05) is 18.2 Å². The van der Waals surface area contributed by atoms with Crippen molar-refractivity contribution in [1.82, 2.24) is 5.32 Å². The lowest BCUT2D eigenvalue weighted by molar-refractivity contribution is -0.118. The Balaban J connectivity index is 1.89. The van der Waals surface area contributed by atoms with Gasteiger partial charge in [0, 0.05) is 0 Å². The molecular weight excluding hydrogens is 342 g/mol. The van der Waals surface area contributed by atoms with Crippen molar-refractivity contribution in [2.45, 2.75) is 18.2 Å². The van der Waals surface area contributed by atoms with Gasteiger partial charge in [0.25, 0.3) is 5.91 Å². The molecule has 2 aromatic rings. The molecule has 0 aromatic heterocycles. The Morgan fingerprint density at radius 3 is 2.72 bits per heavy atom. The van der Waals surface area contributed by atoms with E-state index in [1.807, 2.05) is 13.0 Å².